The molecule has 0 aliphatic heterocycles. The summed E-state index contributed by atoms with van der Waals surface area (Å²) in [6.07, 6.45) is 19.3. The average molecular weight is 444 g/mol. The van der Waals surface area contributed by atoms with Crippen LogP contribution in [0.15, 0.2) is 57.8 Å². The summed E-state index contributed by atoms with van der Waals surface area (Å²) in [5.41, 5.74) is 12.1. The Balaban J connectivity index is 2.25. The fourth-order valence-electron chi connectivity index (χ4n) is 3.05. The molecule has 6 heteroatoms. The van der Waals surface area contributed by atoms with E-state index >= 15 is 0 Å². The third kappa shape index (κ3) is 13.8. The van der Waals surface area contributed by atoms with Crippen LogP contribution in [0.4, 0.5) is 0 Å². The number of aliphatic imine (C=N–C) groups is 1. The van der Waals surface area contributed by atoms with Gasteiger partial charge in [0.15, 0.2) is 0 Å². The summed E-state index contributed by atoms with van der Waals surface area (Å²) in [5, 5.41) is 10.6. The molecule has 1 aromatic heterocycles. The highest BCUT2D eigenvalue weighted by molar-refractivity contribution is 7.99. The first-order valence-electron chi connectivity index (χ1n) is 11.2. The molecule has 0 saturated carbocycles. The third-order valence-electron chi connectivity index (χ3n) is 5.02. The second-order valence-corrected chi connectivity index (χ2v) is 9.37. The second-order valence-electron chi connectivity index (χ2n) is 8.30. The molecule has 1 heterocycles. The zero-order chi connectivity index (χ0) is 22.9. The van der Waals surface area contributed by atoms with Crippen LogP contribution in [0, 0.1) is 0 Å². The van der Waals surface area contributed by atoms with Crippen molar-refractivity contribution in [3.05, 3.63) is 58.5 Å². The minimum Gasteiger partial charge on any atom is -0.390 e. The lowest BCUT2D eigenvalue weighted by atomic mass is 10.0. The number of nitrogens with one attached hydrogen (secondary N) is 1. The van der Waals surface area contributed by atoms with Gasteiger partial charge in [0.2, 0.25) is 0 Å². The molecule has 0 aromatic carbocycles. The molecular formula is C25H41N5S. The van der Waals surface area contributed by atoms with Gasteiger partial charge in [0.1, 0.15) is 11.7 Å². The van der Waals surface area contributed by atoms with E-state index in [4.69, 9.17) is 5.73 Å². The largest absolute Gasteiger partial charge is 0.390 e. The van der Waals surface area contributed by atoms with E-state index < -0.39 is 0 Å². The summed E-state index contributed by atoms with van der Waals surface area (Å²) in [6.45, 7) is 11.0. The van der Waals surface area contributed by atoms with Crippen molar-refractivity contribution in [1.29, 1.82) is 0 Å². The molecule has 5 nitrogen and oxygen atoms in total. The number of nitrogens with two attached hydrogens (primary N) is 1. The van der Waals surface area contributed by atoms with Crippen LogP contribution in [-0.4, -0.2) is 33.3 Å². The standard InChI is InChI=1S/C25H41N5S/c1-20(2)9-6-10-21(3)11-7-12-22(4)13-8-14-23(5)15-16-31-18-25(27-19-26)24-17-28-30-29-24/h9,11,13,15,17,19,25H,6-8,10,12,14,16,18H2,1-5H3,(H2,26,27)(H,28,29,30)/b21-11+,22-13+,23-15+. The Bertz CT molecular complexity index is 753. The molecule has 31 heavy (non-hydrogen) atoms. The highest BCUT2D eigenvalue weighted by atomic mass is 32.2. The van der Waals surface area contributed by atoms with Crippen LogP contribution < -0.4 is 5.73 Å². The minimum atomic E-state index is -0.0436. The Kier molecular flexibility index (Phi) is 14.4. The third-order valence-corrected chi connectivity index (χ3v) is 5.97. The predicted octanol–water partition coefficient (Wildman–Crippen LogP) is 6.71. The van der Waals surface area contributed by atoms with Crippen LogP contribution in [0.1, 0.15) is 84.9 Å². The average Bonchev–Trinajstić information content (AvgIpc) is 3.24. The molecule has 0 radical (unpaired) electrons. The van der Waals surface area contributed by atoms with Gasteiger partial charge in [-0.15, -0.1) is 0 Å². The number of nitrogens with zero attached hydrogens (tertiary/aromatic N) is 3. The Labute approximate surface area is 193 Å². The van der Waals surface area contributed by atoms with Crippen molar-refractivity contribution < 1.29 is 0 Å². The Morgan fingerprint density at radius 2 is 1.55 bits per heavy atom. The van der Waals surface area contributed by atoms with Gasteiger partial charge in [-0.1, -0.05) is 46.6 Å². The van der Waals surface area contributed by atoms with Crippen LogP contribution in [0.25, 0.3) is 0 Å². The predicted molar refractivity (Wildman–Crippen MR) is 138 cm³/mol. The Morgan fingerprint density at radius 3 is 2.06 bits per heavy atom. The molecule has 3 N–H and O–H groups in total. The maximum atomic E-state index is 5.46. The summed E-state index contributed by atoms with van der Waals surface area (Å²) < 4.78 is 0. The van der Waals surface area contributed by atoms with E-state index in [9.17, 15) is 0 Å². The molecule has 0 amide bonds. The summed E-state index contributed by atoms with van der Waals surface area (Å²) in [5.74, 6) is 1.81. The van der Waals surface area contributed by atoms with E-state index in [0.717, 1.165) is 49.3 Å². The van der Waals surface area contributed by atoms with E-state index in [1.54, 1.807) is 6.20 Å². The van der Waals surface area contributed by atoms with E-state index in [1.807, 2.05) is 11.8 Å². The van der Waals surface area contributed by atoms with Gasteiger partial charge < -0.3 is 5.73 Å². The van der Waals surface area contributed by atoms with Crippen molar-refractivity contribution in [3.63, 3.8) is 0 Å². The van der Waals surface area contributed by atoms with Gasteiger partial charge in [-0.3, -0.25) is 4.99 Å². The van der Waals surface area contributed by atoms with Gasteiger partial charge in [0, 0.05) is 11.5 Å². The summed E-state index contributed by atoms with van der Waals surface area (Å²) in [7, 11) is 0. The van der Waals surface area contributed by atoms with Crippen LogP contribution in [0.3, 0.4) is 0 Å². The van der Waals surface area contributed by atoms with Crippen LogP contribution in [0.2, 0.25) is 0 Å². The first-order chi connectivity index (χ1) is 14.9. The lowest BCUT2D eigenvalue weighted by Crippen LogP contribution is -2.03. The Hall–Kier alpha value is -2.08. The maximum Gasteiger partial charge on any atom is 0.108 e. The van der Waals surface area contributed by atoms with Gasteiger partial charge in [0.05, 0.1) is 12.5 Å². The van der Waals surface area contributed by atoms with Crippen molar-refractivity contribution in [2.45, 2.75) is 79.2 Å². The quantitative estimate of drug-likeness (QED) is 0.137. The van der Waals surface area contributed by atoms with Crippen LogP contribution in [0.5, 0.6) is 0 Å². The molecule has 0 fully saturated rings. The van der Waals surface area contributed by atoms with Gasteiger partial charge in [-0.25, -0.2) is 0 Å². The van der Waals surface area contributed by atoms with Crippen LogP contribution in [-0.2, 0) is 0 Å². The zero-order valence-corrected chi connectivity index (χ0v) is 20.8. The van der Waals surface area contributed by atoms with Gasteiger partial charge in [0.25, 0.3) is 0 Å². The van der Waals surface area contributed by atoms with Crippen molar-refractivity contribution in [3.8, 4) is 0 Å². The second kappa shape index (κ2) is 16.6. The van der Waals surface area contributed by atoms with E-state index in [1.165, 1.54) is 35.1 Å². The van der Waals surface area contributed by atoms with Crippen LogP contribution >= 0.6 is 11.8 Å². The van der Waals surface area contributed by atoms with E-state index in [-0.39, 0.29) is 6.04 Å². The lowest BCUT2D eigenvalue weighted by Gasteiger charge is -2.07. The van der Waals surface area contributed by atoms with E-state index in [0.29, 0.717) is 0 Å². The normalized spacial score (nSPS) is 14.3. The van der Waals surface area contributed by atoms with Gasteiger partial charge >= 0.3 is 0 Å². The van der Waals surface area contributed by atoms with Crippen molar-refractivity contribution in [1.82, 2.24) is 15.4 Å². The molecule has 172 valence electrons. The Morgan fingerprint density at radius 1 is 0.968 bits per heavy atom. The number of hydrogen-bond donors (Lipinski definition) is 2. The van der Waals surface area contributed by atoms with Crippen molar-refractivity contribution in [2.24, 2.45) is 10.7 Å². The maximum absolute atomic E-state index is 5.46. The molecule has 0 aliphatic rings. The molecule has 0 saturated heterocycles. The molecule has 1 atom stereocenters. The molecule has 0 spiro atoms. The summed E-state index contributed by atoms with van der Waals surface area (Å²) >= 11 is 1.84. The fourth-order valence-corrected chi connectivity index (χ4v) is 4.07. The zero-order valence-electron chi connectivity index (χ0n) is 20.0. The molecule has 0 aliphatic carbocycles. The van der Waals surface area contributed by atoms with Gasteiger partial charge in [-0.2, -0.15) is 27.2 Å². The van der Waals surface area contributed by atoms with Crippen molar-refractivity contribution >= 4 is 18.1 Å². The first-order valence-corrected chi connectivity index (χ1v) is 12.3. The monoisotopic (exact) mass is 443 g/mol. The molecule has 1 aromatic rings. The lowest BCUT2D eigenvalue weighted by molar-refractivity contribution is 0.784. The molecular weight excluding hydrogens is 402 g/mol. The number of aromatic nitrogens is 3. The number of H-pyrrole nitrogens is 1. The summed E-state index contributed by atoms with van der Waals surface area (Å²) in [4.78, 5) is 4.28. The SMILES string of the molecule is CC(C)=CCC/C(C)=C/CC/C(C)=C/CC/C(C)=C/CSCC(N=CN)c1cn[nH]n1. The number of allylic oxidation sites excluding steroid dienone is 7. The summed E-state index contributed by atoms with van der Waals surface area (Å²) in [6, 6.07) is -0.0436. The molecule has 1 unspecified atom stereocenters. The first kappa shape index (κ1) is 27.0. The van der Waals surface area contributed by atoms with E-state index in [2.05, 4.69) is 79.3 Å². The highest BCUT2D eigenvalue weighted by Gasteiger charge is 2.11. The minimum absolute atomic E-state index is 0.0436. The number of hydrogen-bond acceptors (Lipinski definition) is 4. The topological polar surface area (TPSA) is 80.0 Å². The molecule has 0 bridgehead atoms. The fraction of sp³-hybridized carbons (Fsp3) is 0.560. The number of aromatic amines is 1. The number of rotatable bonds is 15. The smallest absolute Gasteiger partial charge is 0.108 e. The number of thioether (sulfide) groups is 1. The van der Waals surface area contributed by atoms with Crippen molar-refractivity contribution in [2.75, 3.05) is 11.5 Å². The highest BCUT2D eigenvalue weighted by Crippen LogP contribution is 2.20. The van der Waals surface area contributed by atoms with Gasteiger partial charge in [-0.05, 0) is 73.1 Å². The molecule has 1 rings (SSSR count).